The summed E-state index contributed by atoms with van der Waals surface area (Å²) < 4.78 is 0. The zero-order chi connectivity index (χ0) is 11.8. The van der Waals surface area contributed by atoms with Gasteiger partial charge < -0.3 is 10.6 Å². The molecule has 1 amide bonds. The van der Waals surface area contributed by atoms with Gasteiger partial charge in [0.1, 0.15) is 0 Å². The van der Waals surface area contributed by atoms with Gasteiger partial charge in [-0.05, 0) is 38.6 Å². The molecular formula is C13H26N2O. The molecule has 0 bridgehead atoms. The molecule has 3 nitrogen and oxygen atoms in total. The van der Waals surface area contributed by atoms with Crippen molar-refractivity contribution in [1.29, 1.82) is 0 Å². The fraction of sp³-hybridized carbons (Fsp3) is 0.923. The molecule has 1 aliphatic carbocycles. The van der Waals surface area contributed by atoms with E-state index in [1.165, 1.54) is 32.1 Å². The smallest absolute Gasteiger partial charge is 0.219 e. The first kappa shape index (κ1) is 13.5. The van der Waals surface area contributed by atoms with Crippen LogP contribution < -0.4 is 10.6 Å². The van der Waals surface area contributed by atoms with Gasteiger partial charge in [-0.25, -0.2) is 0 Å². The fourth-order valence-electron chi connectivity index (χ4n) is 2.50. The van der Waals surface area contributed by atoms with Crippen LogP contribution in [0.2, 0.25) is 0 Å². The van der Waals surface area contributed by atoms with E-state index in [1.54, 1.807) is 7.05 Å². The summed E-state index contributed by atoms with van der Waals surface area (Å²) in [7, 11) is 1.69. The normalized spacial score (nSPS) is 19.4. The molecule has 1 atom stereocenters. The highest BCUT2D eigenvalue weighted by molar-refractivity contribution is 5.75. The highest BCUT2D eigenvalue weighted by Crippen LogP contribution is 2.26. The van der Waals surface area contributed by atoms with Crippen molar-refractivity contribution in [3.05, 3.63) is 0 Å². The fourth-order valence-corrected chi connectivity index (χ4v) is 2.50. The minimum Gasteiger partial charge on any atom is -0.359 e. The lowest BCUT2D eigenvalue weighted by atomic mass is 9.84. The molecule has 0 radical (unpaired) electrons. The highest BCUT2D eigenvalue weighted by atomic mass is 16.1. The molecule has 0 saturated heterocycles. The maximum atomic E-state index is 11.0. The van der Waals surface area contributed by atoms with E-state index in [4.69, 9.17) is 0 Å². The van der Waals surface area contributed by atoms with Crippen LogP contribution >= 0.6 is 0 Å². The SMILES string of the molecule is CNC(=O)CCCNC(C)C1CCCCC1. The van der Waals surface area contributed by atoms with Gasteiger partial charge in [-0.15, -0.1) is 0 Å². The third-order valence-electron chi connectivity index (χ3n) is 3.68. The molecule has 1 aliphatic rings. The number of rotatable bonds is 6. The van der Waals surface area contributed by atoms with Crippen LogP contribution in [0.15, 0.2) is 0 Å². The Morgan fingerprint density at radius 1 is 1.31 bits per heavy atom. The zero-order valence-corrected chi connectivity index (χ0v) is 10.7. The van der Waals surface area contributed by atoms with Crippen molar-refractivity contribution in [1.82, 2.24) is 10.6 Å². The molecule has 0 aromatic carbocycles. The molecule has 2 N–H and O–H groups in total. The van der Waals surface area contributed by atoms with Crippen molar-refractivity contribution in [2.45, 2.75) is 57.9 Å². The van der Waals surface area contributed by atoms with E-state index in [1.807, 2.05) is 0 Å². The molecule has 16 heavy (non-hydrogen) atoms. The van der Waals surface area contributed by atoms with Crippen LogP contribution in [0.3, 0.4) is 0 Å². The predicted octanol–water partition coefficient (Wildman–Crippen LogP) is 2.07. The first-order chi connectivity index (χ1) is 7.74. The molecule has 0 aromatic rings. The molecule has 1 saturated carbocycles. The maximum absolute atomic E-state index is 11.0. The predicted molar refractivity (Wildman–Crippen MR) is 67.3 cm³/mol. The Bertz CT molecular complexity index is 200. The first-order valence-electron chi connectivity index (χ1n) is 6.68. The molecule has 1 rings (SSSR count). The third-order valence-corrected chi connectivity index (χ3v) is 3.68. The van der Waals surface area contributed by atoms with Gasteiger partial charge in [-0.3, -0.25) is 4.79 Å². The van der Waals surface area contributed by atoms with E-state index < -0.39 is 0 Å². The summed E-state index contributed by atoms with van der Waals surface area (Å²) in [5.74, 6) is 1.00. The Hall–Kier alpha value is -0.570. The standard InChI is InChI=1S/C13H26N2O/c1-11(12-7-4-3-5-8-12)15-10-6-9-13(16)14-2/h11-12,15H,3-10H2,1-2H3,(H,14,16). The summed E-state index contributed by atoms with van der Waals surface area (Å²) in [4.78, 5) is 11.0. The molecule has 0 heterocycles. The largest absolute Gasteiger partial charge is 0.359 e. The first-order valence-corrected chi connectivity index (χ1v) is 6.68. The van der Waals surface area contributed by atoms with E-state index in [9.17, 15) is 4.79 Å². The van der Waals surface area contributed by atoms with Crippen LogP contribution in [0.1, 0.15) is 51.9 Å². The number of carbonyl (C=O) groups is 1. The summed E-state index contributed by atoms with van der Waals surface area (Å²) >= 11 is 0. The second-order valence-electron chi connectivity index (χ2n) is 4.92. The van der Waals surface area contributed by atoms with Crippen molar-refractivity contribution < 1.29 is 4.79 Å². The molecule has 1 unspecified atom stereocenters. The molecule has 1 fully saturated rings. The quantitative estimate of drug-likeness (QED) is 0.681. The average molecular weight is 226 g/mol. The number of nitrogens with one attached hydrogen (secondary N) is 2. The van der Waals surface area contributed by atoms with Gasteiger partial charge in [0.05, 0.1) is 0 Å². The molecule has 0 aliphatic heterocycles. The highest BCUT2D eigenvalue weighted by Gasteiger charge is 2.19. The molecule has 3 heteroatoms. The number of hydrogen-bond donors (Lipinski definition) is 2. The van der Waals surface area contributed by atoms with Gasteiger partial charge in [0.25, 0.3) is 0 Å². The van der Waals surface area contributed by atoms with Crippen molar-refractivity contribution >= 4 is 5.91 Å². The average Bonchev–Trinajstić information content (AvgIpc) is 2.35. The Balaban J connectivity index is 2.05. The number of hydrogen-bond acceptors (Lipinski definition) is 2. The lowest BCUT2D eigenvalue weighted by Gasteiger charge is -2.28. The Morgan fingerprint density at radius 3 is 2.62 bits per heavy atom. The summed E-state index contributed by atoms with van der Waals surface area (Å²) in [6, 6.07) is 0.616. The summed E-state index contributed by atoms with van der Waals surface area (Å²) in [6.07, 6.45) is 8.55. The summed E-state index contributed by atoms with van der Waals surface area (Å²) in [6.45, 7) is 3.25. The number of carbonyl (C=O) groups excluding carboxylic acids is 1. The molecule has 0 spiro atoms. The monoisotopic (exact) mass is 226 g/mol. The van der Waals surface area contributed by atoms with Gasteiger partial charge in [-0.2, -0.15) is 0 Å². The van der Waals surface area contributed by atoms with E-state index in [0.717, 1.165) is 18.9 Å². The lowest BCUT2D eigenvalue weighted by Crippen LogP contribution is -2.35. The van der Waals surface area contributed by atoms with Crippen LogP contribution in [-0.2, 0) is 4.79 Å². The summed E-state index contributed by atoms with van der Waals surface area (Å²) in [5.41, 5.74) is 0. The van der Waals surface area contributed by atoms with Crippen molar-refractivity contribution in [3.8, 4) is 0 Å². The minimum absolute atomic E-state index is 0.145. The molecule has 0 aromatic heterocycles. The second kappa shape index (κ2) is 7.66. The van der Waals surface area contributed by atoms with E-state index in [2.05, 4.69) is 17.6 Å². The van der Waals surface area contributed by atoms with Gasteiger partial charge >= 0.3 is 0 Å². The van der Waals surface area contributed by atoms with Crippen molar-refractivity contribution in [3.63, 3.8) is 0 Å². The topological polar surface area (TPSA) is 41.1 Å². The van der Waals surface area contributed by atoms with Crippen LogP contribution in [0.25, 0.3) is 0 Å². The van der Waals surface area contributed by atoms with E-state index in [-0.39, 0.29) is 5.91 Å². The van der Waals surface area contributed by atoms with Gasteiger partial charge in [0.2, 0.25) is 5.91 Å². The van der Waals surface area contributed by atoms with Crippen LogP contribution in [0, 0.1) is 5.92 Å². The van der Waals surface area contributed by atoms with Gasteiger partial charge in [-0.1, -0.05) is 19.3 Å². The third kappa shape index (κ3) is 4.97. The Labute approximate surface area is 99.4 Å². The zero-order valence-electron chi connectivity index (χ0n) is 10.7. The van der Waals surface area contributed by atoms with Crippen LogP contribution in [-0.4, -0.2) is 25.5 Å². The minimum atomic E-state index is 0.145. The lowest BCUT2D eigenvalue weighted by molar-refractivity contribution is -0.120. The van der Waals surface area contributed by atoms with Crippen molar-refractivity contribution in [2.75, 3.05) is 13.6 Å². The maximum Gasteiger partial charge on any atom is 0.219 e. The van der Waals surface area contributed by atoms with E-state index >= 15 is 0 Å². The summed E-state index contributed by atoms with van der Waals surface area (Å²) in [5, 5.41) is 6.20. The van der Waals surface area contributed by atoms with E-state index in [0.29, 0.717) is 12.5 Å². The number of amides is 1. The van der Waals surface area contributed by atoms with Gasteiger partial charge in [0, 0.05) is 19.5 Å². The molecular weight excluding hydrogens is 200 g/mol. The van der Waals surface area contributed by atoms with Gasteiger partial charge in [0.15, 0.2) is 0 Å². The second-order valence-corrected chi connectivity index (χ2v) is 4.92. The Kier molecular flexibility index (Phi) is 6.46. The molecule has 94 valence electrons. The van der Waals surface area contributed by atoms with Crippen molar-refractivity contribution in [2.24, 2.45) is 5.92 Å². The Morgan fingerprint density at radius 2 is 2.00 bits per heavy atom. The van der Waals surface area contributed by atoms with Crippen LogP contribution in [0.4, 0.5) is 0 Å². The van der Waals surface area contributed by atoms with Crippen LogP contribution in [0.5, 0.6) is 0 Å².